The molecule has 1 N–H and O–H groups in total. The van der Waals surface area contributed by atoms with Gasteiger partial charge in [-0.3, -0.25) is 4.79 Å². The van der Waals surface area contributed by atoms with E-state index in [1.807, 2.05) is 13.0 Å². The van der Waals surface area contributed by atoms with Crippen LogP contribution in [0.3, 0.4) is 0 Å². The Morgan fingerprint density at radius 3 is 2.81 bits per heavy atom. The molecule has 0 saturated carbocycles. The van der Waals surface area contributed by atoms with Gasteiger partial charge < -0.3 is 24.2 Å². The standard InChI is InChI=1S/C20H24N2O5/c1-2-25-20-18(4-3-10-21-20)27-17-9-11-22(12-17)19(24)14-26-16-7-5-15(13-23)6-8-16/h3-8,10,17,23H,2,9,11-14H2,1H3. The number of aliphatic hydroxyl groups is 1. The SMILES string of the molecule is CCOc1ncccc1OC1CCN(C(=O)COc2ccc(CO)cc2)C1. The molecular formula is C20H24N2O5. The number of hydrogen-bond donors (Lipinski definition) is 1. The van der Waals surface area contributed by atoms with Crippen LogP contribution in [-0.2, 0) is 11.4 Å². The number of aromatic nitrogens is 1. The Balaban J connectivity index is 1.49. The molecular weight excluding hydrogens is 348 g/mol. The average Bonchev–Trinajstić information content (AvgIpc) is 3.17. The summed E-state index contributed by atoms with van der Waals surface area (Å²) in [6.45, 7) is 3.50. The second-order valence-electron chi connectivity index (χ2n) is 6.20. The molecule has 1 amide bonds. The Labute approximate surface area is 158 Å². The first-order valence-corrected chi connectivity index (χ1v) is 9.04. The molecule has 1 aromatic heterocycles. The largest absolute Gasteiger partial charge is 0.484 e. The molecule has 3 rings (SSSR count). The normalized spacial score (nSPS) is 16.2. The second kappa shape index (κ2) is 9.23. The summed E-state index contributed by atoms with van der Waals surface area (Å²) in [5, 5.41) is 9.04. The van der Waals surface area contributed by atoms with Crippen molar-refractivity contribution >= 4 is 5.91 Å². The Hall–Kier alpha value is -2.80. The number of likely N-dealkylation sites (tertiary alicyclic amines) is 1. The van der Waals surface area contributed by atoms with Gasteiger partial charge in [0.2, 0.25) is 0 Å². The van der Waals surface area contributed by atoms with Crippen molar-refractivity contribution in [3.63, 3.8) is 0 Å². The lowest BCUT2D eigenvalue weighted by Crippen LogP contribution is -2.34. The molecule has 0 bridgehead atoms. The first-order chi connectivity index (χ1) is 13.2. The molecule has 1 saturated heterocycles. The lowest BCUT2D eigenvalue weighted by atomic mass is 10.2. The van der Waals surface area contributed by atoms with Crippen molar-refractivity contribution in [2.24, 2.45) is 0 Å². The first kappa shape index (κ1) is 19.0. The third-order valence-corrected chi connectivity index (χ3v) is 4.28. The van der Waals surface area contributed by atoms with Crippen LogP contribution in [0.2, 0.25) is 0 Å². The van der Waals surface area contributed by atoms with Gasteiger partial charge in [0.25, 0.3) is 11.8 Å². The molecule has 144 valence electrons. The molecule has 2 heterocycles. The van der Waals surface area contributed by atoms with Gasteiger partial charge in [-0.15, -0.1) is 0 Å². The predicted molar refractivity (Wildman–Crippen MR) is 98.9 cm³/mol. The van der Waals surface area contributed by atoms with Crippen LogP contribution in [0.5, 0.6) is 17.4 Å². The molecule has 27 heavy (non-hydrogen) atoms. The summed E-state index contributed by atoms with van der Waals surface area (Å²) in [4.78, 5) is 18.3. The van der Waals surface area contributed by atoms with Crippen molar-refractivity contribution < 1.29 is 24.1 Å². The minimum Gasteiger partial charge on any atom is -0.484 e. The van der Waals surface area contributed by atoms with E-state index in [4.69, 9.17) is 19.3 Å². The second-order valence-corrected chi connectivity index (χ2v) is 6.20. The summed E-state index contributed by atoms with van der Waals surface area (Å²) >= 11 is 0. The number of pyridine rings is 1. The van der Waals surface area contributed by atoms with E-state index in [9.17, 15) is 4.79 Å². The topological polar surface area (TPSA) is 81.1 Å². The highest BCUT2D eigenvalue weighted by Crippen LogP contribution is 2.27. The van der Waals surface area contributed by atoms with E-state index >= 15 is 0 Å². The third-order valence-electron chi connectivity index (χ3n) is 4.28. The fourth-order valence-corrected chi connectivity index (χ4v) is 2.87. The number of ether oxygens (including phenoxy) is 3. The molecule has 0 aliphatic carbocycles. The van der Waals surface area contributed by atoms with Crippen LogP contribution in [-0.4, -0.2) is 53.3 Å². The molecule has 1 aliphatic rings. The Bertz CT molecular complexity index is 750. The number of carbonyl (C=O) groups excluding carboxylic acids is 1. The third kappa shape index (κ3) is 5.10. The first-order valence-electron chi connectivity index (χ1n) is 9.04. The molecule has 1 atom stereocenters. The van der Waals surface area contributed by atoms with E-state index in [0.29, 0.717) is 37.1 Å². The molecule has 1 aromatic carbocycles. The molecule has 1 fully saturated rings. The van der Waals surface area contributed by atoms with Crippen LogP contribution < -0.4 is 14.2 Å². The van der Waals surface area contributed by atoms with Crippen molar-refractivity contribution in [3.8, 4) is 17.4 Å². The molecule has 7 heteroatoms. The Morgan fingerprint density at radius 2 is 2.07 bits per heavy atom. The number of carbonyl (C=O) groups is 1. The van der Waals surface area contributed by atoms with Crippen molar-refractivity contribution in [1.82, 2.24) is 9.88 Å². The van der Waals surface area contributed by atoms with Crippen LogP contribution in [0.1, 0.15) is 18.9 Å². The highest BCUT2D eigenvalue weighted by molar-refractivity contribution is 5.78. The minimum atomic E-state index is -0.0961. The maximum absolute atomic E-state index is 12.4. The van der Waals surface area contributed by atoms with Gasteiger partial charge in [-0.2, -0.15) is 0 Å². The van der Waals surface area contributed by atoms with E-state index in [1.165, 1.54) is 0 Å². The summed E-state index contributed by atoms with van der Waals surface area (Å²) in [7, 11) is 0. The van der Waals surface area contributed by atoms with Crippen LogP contribution in [0, 0.1) is 0 Å². The maximum atomic E-state index is 12.4. The van der Waals surface area contributed by atoms with E-state index < -0.39 is 0 Å². The fourth-order valence-electron chi connectivity index (χ4n) is 2.87. The van der Waals surface area contributed by atoms with E-state index in [2.05, 4.69) is 4.98 Å². The van der Waals surface area contributed by atoms with Crippen molar-refractivity contribution in [1.29, 1.82) is 0 Å². The molecule has 0 spiro atoms. The predicted octanol–water partition coefficient (Wildman–Crippen LogP) is 2.03. The number of nitrogens with zero attached hydrogens (tertiary/aromatic N) is 2. The Morgan fingerprint density at radius 1 is 1.26 bits per heavy atom. The quantitative estimate of drug-likeness (QED) is 0.764. The fraction of sp³-hybridized carbons (Fsp3) is 0.400. The van der Waals surface area contributed by atoms with Gasteiger partial charge in [-0.1, -0.05) is 12.1 Å². The summed E-state index contributed by atoms with van der Waals surface area (Å²) in [6.07, 6.45) is 2.31. The van der Waals surface area contributed by atoms with Gasteiger partial charge in [0, 0.05) is 19.2 Å². The highest BCUT2D eigenvalue weighted by Gasteiger charge is 2.28. The summed E-state index contributed by atoms with van der Waals surface area (Å²) < 4.78 is 17.0. The lowest BCUT2D eigenvalue weighted by molar-refractivity contribution is -0.132. The average molecular weight is 372 g/mol. The van der Waals surface area contributed by atoms with Crippen molar-refractivity contribution in [2.45, 2.75) is 26.1 Å². The summed E-state index contributed by atoms with van der Waals surface area (Å²) in [5.74, 6) is 1.59. The summed E-state index contributed by atoms with van der Waals surface area (Å²) in [5.41, 5.74) is 0.801. The number of amides is 1. The molecule has 0 radical (unpaired) electrons. The number of hydrogen-bond acceptors (Lipinski definition) is 6. The maximum Gasteiger partial charge on any atom is 0.260 e. The minimum absolute atomic E-state index is 0.0175. The molecule has 1 aliphatic heterocycles. The molecule has 2 aromatic rings. The zero-order valence-electron chi connectivity index (χ0n) is 15.3. The monoisotopic (exact) mass is 372 g/mol. The van der Waals surface area contributed by atoms with Crippen LogP contribution in [0.4, 0.5) is 0 Å². The van der Waals surface area contributed by atoms with Gasteiger partial charge >= 0.3 is 0 Å². The van der Waals surface area contributed by atoms with E-state index in [-0.39, 0.29) is 25.2 Å². The summed E-state index contributed by atoms with van der Waals surface area (Å²) in [6, 6.07) is 10.6. The van der Waals surface area contributed by atoms with Gasteiger partial charge in [-0.05, 0) is 36.8 Å². The van der Waals surface area contributed by atoms with Gasteiger partial charge in [0.05, 0.1) is 19.8 Å². The smallest absolute Gasteiger partial charge is 0.260 e. The van der Waals surface area contributed by atoms with Crippen LogP contribution in [0.25, 0.3) is 0 Å². The highest BCUT2D eigenvalue weighted by atomic mass is 16.5. The van der Waals surface area contributed by atoms with Gasteiger partial charge in [0.1, 0.15) is 11.9 Å². The van der Waals surface area contributed by atoms with Gasteiger partial charge in [-0.25, -0.2) is 4.98 Å². The molecule has 7 nitrogen and oxygen atoms in total. The number of benzene rings is 1. The lowest BCUT2D eigenvalue weighted by Gasteiger charge is -2.18. The van der Waals surface area contributed by atoms with Crippen molar-refractivity contribution in [3.05, 3.63) is 48.2 Å². The Kier molecular flexibility index (Phi) is 6.49. The van der Waals surface area contributed by atoms with Gasteiger partial charge in [0.15, 0.2) is 12.4 Å². The number of aliphatic hydroxyl groups excluding tert-OH is 1. The van der Waals surface area contributed by atoms with Crippen LogP contribution >= 0.6 is 0 Å². The number of rotatable bonds is 8. The zero-order valence-corrected chi connectivity index (χ0v) is 15.3. The van der Waals surface area contributed by atoms with Crippen molar-refractivity contribution in [2.75, 3.05) is 26.3 Å². The zero-order chi connectivity index (χ0) is 19.1. The molecule has 1 unspecified atom stereocenters. The van der Waals surface area contributed by atoms with E-state index in [0.717, 1.165) is 12.0 Å². The van der Waals surface area contributed by atoms with Crippen LogP contribution in [0.15, 0.2) is 42.6 Å². The van der Waals surface area contributed by atoms with E-state index in [1.54, 1.807) is 41.4 Å².